The Kier molecular flexibility index (Phi) is 4.54. The Morgan fingerprint density at radius 3 is 3.06 bits per heavy atom. The van der Waals surface area contributed by atoms with Crippen LogP contribution in [0.2, 0.25) is 0 Å². The van der Waals surface area contributed by atoms with E-state index in [1.54, 1.807) is 0 Å². The molecule has 2 nitrogen and oxygen atoms in total. The molecule has 1 unspecified atom stereocenters. The smallest absolute Gasteiger partial charge is 0.0771 e. The normalized spacial score (nSPS) is 21.4. The molecule has 2 N–H and O–H groups in total. The molecule has 0 amide bonds. The number of likely N-dealkylation sites (tertiary alicyclic amines) is 1. The van der Waals surface area contributed by atoms with Gasteiger partial charge in [0.25, 0.3) is 0 Å². The maximum Gasteiger partial charge on any atom is 0.0771 e. The molecule has 2 rings (SSSR count). The first kappa shape index (κ1) is 13.0. The van der Waals surface area contributed by atoms with Crippen molar-refractivity contribution in [3.8, 4) is 0 Å². The molecule has 0 saturated carbocycles. The minimum atomic E-state index is 0.394. The standard InChI is InChI=1S/C13H17BrN2S/c14-12-5-1-3-10(7-12)8-16-6-2-4-11(9-16)13(15)17/h1,3,5,7,11H,2,4,6,8-9H2,(H2,15,17). The number of rotatable bonds is 3. The van der Waals surface area contributed by atoms with Gasteiger partial charge in [-0.1, -0.05) is 40.3 Å². The molecule has 4 heteroatoms. The van der Waals surface area contributed by atoms with Crippen LogP contribution in [0.1, 0.15) is 18.4 Å². The Balaban J connectivity index is 1.97. The van der Waals surface area contributed by atoms with Crippen molar-refractivity contribution in [1.82, 2.24) is 4.90 Å². The summed E-state index contributed by atoms with van der Waals surface area (Å²) in [6, 6.07) is 8.46. The Hall–Kier alpha value is -0.450. The number of benzene rings is 1. The van der Waals surface area contributed by atoms with Crippen molar-refractivity contribution >= 4 is 33.1 Å². The van der Waals surface area contributed by atoms with Gasteiger partial charge in [0.2, 0.25) is 0 Å². The summed E-state index contributed by atoms with van der Waals surface area (Å²) in [7, 11) is 0. The fourth-order valence-corrected chi connectivity index (χ4v) is 2.96. The molecule has 1 aliphatic heterocycles. The van der Waals surface area contributed by atoms with Crippen LogP contribution >= 0.6 is 28.1 Å². The quantitative estimate of drug-likeness (QED) is 0.870. The van der Waals surface area contributed by atoms with Crippen LogP contribution in [-0.4, -0.2) is 23.0 Å². The first-order chi connectivity index (χ1) is 8.15. The lowest BCUT2D eigenvalue weighted by molar-refractivity contribution is 0.197. The molecule has 0 bridgehead atoms. The average Bonchev–Trinajstić information content (AvgIpc) is 2.29. The van der Waals surface area contributed by atoms with Gasteiger partial charge < -0.3 is 5.73 Å². The molecule has 1 heterocycles. The summed E-state index contributed by atoms with van der Waals surface area (Å²) < 4.78 is 1.14. The van der Waals surface area contributed by atoms with E-state index in [-0.39, 0.29) is 0 Å². The maximum atomic E-state index is 5.74. The number of nitrogens with zero attached hydrogens (tertiary/aromatic N) is 1. The molecule has 0 radical (unpaired) electrons. The van der Waals surface area contributed by atoms with Crippen LogP contribution in [0.4, 0.5) is 0 Å². The second kappa shape index (κ2) is 5.94. The Labute approximate surface area is 116 Å². The van der Waals surface area contributed by atoms with Gasteiger partial charge in [0.15, 0.2) is 0 Å². The van der Waals surface area contributed by atoms with Gasteiger partial charge >= 0.3 is 0 Å². The summed E-state index contributed by atoms with van der Waals surface area (Å²) in [5, 5.41) is 0. The predicted molar refractivity (Wildman–Crippen MR) is 78.9 cm³/mol. The molecule has 1 aromatic carbocycles. The topological polar surface area (TPSA) is 29.3 Å². The highest BCUT2D eigenvalue weighted by Gasteiger charge is 2.21. The van der Waals surface area contributed by atoms with Gasteiger partial charge in [0.05, 0.1) is 4.99 Å². The SMILES string of the molecule is NC(=S)C1CCCN(Cc2cccc(Br)c2)C1. The van der Waals surface area contributed by atoms with Crippen molar-refractivity contribution in [2.45, 2.75) is 19.4 Å². The Morgan fingerprint density at radius 1 is 1.53 bits per heavy atom. The second-order valence-corrected chi connectivity index (χ2v) is 5.99. The van der Waals surface area contributed by atoms with Crippen LogP contribution in [0.3, 0.4) is 0 Å². The molecule has 0 aliphatic carbocycles. The molecular weight excluding hydrogens is 296 g/mol. The molecule has 17 heavy (non-hydrogen) atoms. The van der Waals surface area contributed by atoms with E-state index in [9.17, 15) is 0 Å². The van der Waals surface area contributed by atoms with Crippen molar-refractivity contribution in [2.24, 2.45) is 11.7 Å². The van der Waals surface area contributed by atoms with Crippen LogP contribution < -0.4 is 5.73 Å². The van der Waals surface area contributed by atoms with Crippen LogP contribution in [0.15, 0.2) is 28.7 Å². The highest BCUT2D eigenvalue weighted by Crippen LogP contribution is 2.20. The summed E-state index contributed by atoms with van der Waals surface area (Å²) in [6.45, 7) is 3.13. The second-order valence-electron chi connectivity index (χ2n) is 4.61. The summed E-state index contributed by atoms with van der Waals surface area (Å²) in [5.41, 5.74) is 7.08. The van der Waals surface area contributed by atoms with E-state index in [2.05, 4.69) is 45.1 Å². The molecule has 0 aromatic heterocycles. The van der Waals surface area contributed by atoms with Crippen molar-refractivity contribution in [2.75, 3.05) is 13.1 Å². The van der Waals surface area contributed by atoms with Gasteiger partial charge in [0, 0.05) is 23.5 Å². The number of thiocarbonyl (C=S) groups is 1. The molecule has 0 spiro atoms. The van der Waals surface area contributed by atoms with E-state index >= 15 is 0 Å². The Bertz CT molecular complexity index is 408. The van der Waals surface area contributed by atoms with Gasteiger partial charge in [0.1, 0.15) is 0 Å². The molecular formula is C13H17BrN2S. The average molecular weight is 313 g/mol. The lowest BCUT2D eigenvalue weighted by Gasteiger charge is -2.32. The molecule has 1 aromatic rings. The summed E-state index contributed by atoms with van der Waals surface area (Å²) in [4.78, 5) is 3.11. The van der Waals surface area contributed by atoms with Crippen LogP contribution in [0, 0.1) is 5.92 Å². The number of hydrogen-bond donors (Lipinski definition) is 1. The van der Waals surface area contributed by atoms with Gasteiger partial charge in [-0.25, -0.2) is 0 Å². The predicted octanol–water partition coefficient (Wildman–Crippen LogP) is 2.95. The van der Waals surface area contributed by atoms with Crippen LogP contribution in [0.25, 0.3) is 0 Å². The minimum absolute atomic E-state index is 0.394. The van der Waals surface area contributed by atoms with Crippen molar-refractivity contribution in [1.29, 1.82) is 0 Å². The molecule has 1 fully saturated rings. The van der Waals surface area contributed by atoms with E-state index in [4.69, 9.17) is 18.0 Å². The van der Waals surface area contributed by atoms with Gasteiger partial charge in [-0.3, -0.25) is 4.90 Å². The zero-order chi connectivity index (χ0) is 12.3. The van der Waals surface area contributed by atoms with Gasteiger partial charge in [-0.15, -0.1) is 0 Å². The lowest BCUT2D eigenvalue weighted by Crippen LogP contribution is -2.39. The van der Waals surface area contributed by atoms with E-state index < -0.39 is 0 Å². The molecule has 1 aliphatic rings. The largest absolute Gasteiger partial charge is 0.393 e. The van der Waals surface area contributed by atoms with E-state index in [0.717, 1.165) is 30.5 Å². The van der Waals surface area contributed by atoms with E-state index in [0.29, 0.717) is 10.9 Å². The minimum Gasteiger partial charge on any atom is -0.393 e. The van der Waals surface area contributed by atoms with Crippen LogP contribution in [-0.2, 0) is 6.54 Å². The number of nitrogens with two attached hydrogens (primary N) is 1. The summed E-state index contributed by atoms with van der Waals surface area (Å²) in [5.74, 6) is 0.394. The third-order valence-corrected chi connectivity index (χ3v) is 4.03. The highest BCUT2D eigenvalue weighted by atomic mass is 79.9. The highest BCUT2D eigenvalue weighted by molar-refractivity contribution is 9.10. The monoisotopic (exact) mass is 312 g/mol. The first-order valence-electron chi connectivity index (χ1n) is 5.91. The van der Waals surface area contributed by atoms with Crippen molar-refractivity contribution in [3.05, 3.63) is 34.3 Å². The summed E-state index contributed by atoms with van der Waals surface area (Å²) >= 11 is 8.60. The number of piperidine rings is 1. The number of hydrogen-bond acceptors (Lipinski definition) is 2. The fraction of sp³-hybridized carbons (Fsp3) is 0.462. The van der Waals surface area contributed by atoms with Gasteiger partial charge in [-0.2, -0.15) is 0 Å². The molecule has 92 valence electrons. The van der Waals surface area contributed by atoms with Crippen LogP contribution in [0.5, 0.6) is 0 Å². The van der Waals surface area contributed by atoms with Crippen molar-refractivity contribution in [3.63, 3.8) is 0 Å². The fourth-order valence-electron chi connectivity index (χ4n) is 2.32. The Morgan fingerprint density at radius 2 is 2.35 bits per heavy atom. The zero-order valence-electron chi connectivity index (χ0n) is 9.73. The van der Waals surface area contributed by atoms with Crippen molar-refractivity contribution < 1.29 is 0 Å². The van der Waals surface area contributed by atoms with Gasteiger partial charge in [-0.05, 0) is 37.1 Å². The third kappa shape index (κ3) is 3.76. The van der Waals surface area contributed by atoms with E-state index in [1.807, 2.05) is 0 Å². The lowest BCUT2D eigenvalue weighted by atomic mass is 9.98. The number of halogens is 1. The van der Waals surface area contributed by atoms with E-state index in [1.165, 1.54) is 12.0 Å². The third-order valence-electron chi connectivity index (χ3n) is 3.20. The maximum absolute atomic E-state index is 5.74. The first-order valence-corrected chi connectivity index (χ1v) is 7.11. The summed E-state index contributed by atoms with van der Waals surface area (Å²) in [6.07, 6.45) is 2.33. The molecule has 1 atom stereocenters. The zero-order valence-corrected chi connectivity index (χ0v) is 12.1. The molecule has 1 saturated heterocycles.